The van der Waals surface area contributed by atoms with E-state index in [1.165, 1.54) is 0 Å². The van der Waals surface area contributed by atoms with Gasteiger partial charge in [-0.3, -0.25) is 14.4 Å². The minimum atomic E-state index is -0.725. The van der Waals surface area contributed by atoms with E-state index in [1.54, 1.807) is 39.1 Å². The van der Waals surface area contributed by atoms with Crippen molar-refractivity contribution in [3.63, 3.8) is 0 Å². The van der Waals surface area contributed by atoms with Gasteiger partial charge in [0.1, 0.15) is 0 Å². The van der Waals surface area contributed by atoms with Crippen molar-refractivity contribution >= 4 is 22.6 Å². The number of likely N-dealkylation sites (N-methyl/N-ethyl adjacent to an activating group) is 1. The molecule has 7 heteroatoms. The second-order valence-electron chi connectivity index (χ2n) is 5.00. The molecule has 1 aromatic carbocycles. The normalized spacial score (nSPS) is 11.6. The van der Waals surface area contributed by atoms with E-state index >= 15 is 0 Å². The number of aromatic amines is 2. The predicted molar refractivity (Wildman–Crippen MR) is 77.0 cm³/mol. The summed E-state index contributed by atoms with van der Waals surface area (Å²) in [6.45, 7) is 3.51. The fraction of sp³-hybridized carbons (Fsp3) is 0.308. The first-order chi connectivity index (χ1) is 9.33. The van der Waals surface area contributed by atoms with Crippen LogP contribution in [0.4, 0.5) is 5.69 Å². The van der Waals surface area contributed by atoms with Crippen molar-refractivity contribution in [3.8, 4) is 0 Å². The molecule has 0 saturated carbocycles. The lowest BCUT2D eigenvalue weighted by molar-refractivity contribution is -0.121. The third-order valence-electron chi connectivity index (χ3n) is 3.17. The van der Waals surface area contributed by atoms with Crippen molar-refractivity contribution in [2.24, 2.45) is 0 Å². The van der Waals surface area contributed by atoms with E-state index in [2.05, 4.69) is 20.6 Å². The number of anilines is 1. The number of fused-ring (bicyclic) bond motifs is 1. The van der Waals surface area contributed by atoms with Crippen molar-refractivity contribution in [2.45, 2.75) is 19.4 Å². The number of amides is 1. The summed E-state index contributed by atoms with van der Waals surface area (Å²) in [4.78, 5) is 39.4. The van der Waals surface area contributed by atoms with Crippen LogP contribution in [0.1, 0.15) is 13.8 Å². The fourth-order valence-corrected chi connectivity index (χ4v) is 1.59. The zero-order valence-electron chi connectivity index (χ0n) is 11.5. The summed E-state index contributed by atoms with van der Waals surface area (Å²) in [6, 6.07) is 4.87. The summed E-state index contributed by atoms with van der Waals surface area (Å²) in [7, 11) is 1.70. The molecule has 0 radical (unpaired) electrons. The first kappa shape index (κ1) is 14.0. The molecule has 4 N–H and O–H groups in total. The highest BCUT2D eigenvalue weighted by atomic mass is 16.2. The Morgan fingerprint density at radius 2 is 1.70 bits per heavy atom. The van der Waals surface area contributed by atoms with Gasteiger partial charge in [-0.2, -0.15) is 0 Å². The molecule has 1 amide bonds. The van der Waals surface area contributed by atoms with Crippen molar-refractivity contribution in [3.05, 3.63) is 38.9 Å². The Labute approximate surface area is 114 Å². The molecule has 1 aromatic heterocycles. The van der Waals surface area contributed by atoms with Crippen molar-refractivity contribution in [2.75, 3.05) is 12.4 Å². The summed E-state index contributed by atoms with van der Waals surface area (Å²) >= 11 is 0. The van der Waals surface area contributed by atoms with Crippen LogP contribution < -0.4 is 21.8 Å². The summed E-state index contributed by atoms with van der Waals surface area (Å²) < 4.78 is 0. The Balaban J connectivity index is 2.38. The van der Waals surface area contributed by atoms with Crippen LogP contribution >= 0.6 is 0 Å². The number of benzene rings is 1. The average Bonchev–Trinajstić information content (AvgIpc) is 2.40. The molecule has 0 bridgehead atoms. The van der Waals surface area contributed by atoms with Gasteiger partial charge in [0.15, 0.2) is 0 Å². The zero-order chi connectivity index (χ0) is 14.9. The molecular weight excluding hydrogens is 260 g/mol. The Kier molecular flexibility index (Phi) is 3.46. The van der Waals surface area contributed by atoms with E-state index in [-0.39, 0.29) is 5.91 Å². The largest absolute Gasteiger partial charge is 0.324 e. The highest BCUT2D eigenvalue weighted by molar-refractivity contribution is 5.98. The Hall–Kier alpha value is -2.41. The molecule has 20 heavy (non-hydrogen) atoms. The van der Waals surface area contributed by atoms with Gasteiger partial charge >= 0.3 is 11.1 Å². The van der Waals surface area contributed by atoms with Crippen LogP contribution in [-0.2, 0) is 4.79 Å². The molecule has 0 unspecified atom stereocenters. The standard InChI is InChI=1S/C13H16N4O3/c1-13(2,14-3)12(20)15-7-4-5-8-9(6-7)17-11(19)10(18)16-8/h4-6,14H,1-3H3,(H,15,20)(H,16,18)(H,17,19). The number of hydrogen-bond donors (Lipinski definition) is 4. The van der Waals surface area contributed by atoms with Gasteiger partial charge < -0.3 is 20.6 Å². The number of carbonyl (C=O) groups excluding carboxylic acids is 1. The maximum Gasteiger partial charge on any atom is 0.314 e. The Morgan fingerprint density at radius 1 is 1.10 bits per heavy atom. The van der Waals surface area contributed by atoms with Crippen molar-refractivity contribution in [1.29, 1.82) is 0 Å². The van der Waals surface area contributed by atoms with E-state index in [0.29, 0.717) is 16.7 Å². The van der Waals surface area contributed by atoms with Gasteiger partial charge in [-0.1, -0.05) is 0 Å². The van der Waals surface area contributed by atoms with Crippen LogP contribution in [0.15, 0.2) is 27.8 Å². The molecule has 0 aliphatic carbocycles. The number of hydrogen-bond acceptors (Lipinski definition) is 4. The van der Waals surface area contributed by atoms with Crippen LogP contribution in [0.2, 0.25) is 0 Å². The SMILES string of the molecule is CNC(C)(C)C(=O)Nc1ccc2[nH]c(=O)c(=O)[nH]c2c1. The van der Waals surface area contributed by atoms with Gasteiger partial charge in [-0.05, 0) is 39.1 Å². The lowest BCUT2D eigenvalue weighted by atomic mass is 10.1. The highest BCUT2D eigenvalue weighted by Gasteiger charge is 2.25. The van der Waals surface area contributed by atoms with Crippen molar-refractivity contribution in [1.82, 2.24) is 15.3 Å². The third kappa shape index (κ3) is 2.62. The van der Waals surface area contributed by atoms with Crippen LogP contribution in [-0.4, -0.2) is 28.5 Å². The molecule has 2 aromatic rings. The molecule has 106 valence electrons. The number of H-pyrrole nitrogens is 2. The van der Waals surface area contributed by atoms with Gasteiger partial charge in [-0.25, -0.2) is 0 Å². The van der Waals surface area contributed by atoms with E-state index in [0.717, 1.165) is 0 Å². The predicted octanol–water partition coefficient (Wildman–Crippen LogP) is 0.153. The number of rotatable bonds is 3. The molecule has 2 rings (SSSR count). The molecule has 0 aliphatic heterocycles. The summed E-state index contributed by atoms with van der Waals surface area (Å²) in [5.74, 6) is -0.203. The lowest BCUT2D eigenvalue weighted by Gasteiger charge is -2.22. The lowest BCUT2D eigenvalue weighted by Crippen LogP contribution is -2.47. The molecule has 0 atom stereocenters. The first-order valence-electron chi connectivity index (χ1n) is 6.10. The fourth-order valence-electron chi connectivity index (χ4n) is 1.59. The van der Waals surface area contributed by atoms with Gasteiger partial charge in [-0.15, -0.1) is 0 Å². The minimum Gasteiger partial charge on any atom is -0.324 e. The van der Waals surface area contributed by atoms with Crippen LogP contribution in [0, 0.1) is 0 Å². The second kappa shape index (κ2) is 4.93. The van der Waals surface area contributed by atoms with Gasteiger partial charge in [0.05, 0.1) is 16.6 Å². The molecule has 1 heterocycles. The third-order valence-corrected chi connectivity index (χ3v) is 3.17. The second-order valence-corrected chi connectivity index (χ2v) is 5.00. The summed E-state index contributed by atoms with van der Waals surface area (Å²) in [5, 5.41) is 5.64. The van der Waals surface area contributed by atoms with Crippen molar-refractivity contribution < 1.29 is 4.79 Å². The maximum atomic E-state index is 12.0. The average molecular weight is 276 g/mol. The maximum absolute atomic E-state index is 12.0. The highest BCUT2D eigenvalue weighted by Crippen LogP contribution is 2.15. The zero-order valence-corrected chi connectivity index (χ0v) is 11.5. The van der Waals surface area contributed by atoms with Gasteiger partial charge in [0.25, 0.3) is 0 Å². The van der Waals surface area contributed by atoms with E-state index < -0.39 is 16.7 Å². The van der Waals surface area contributed by atoms with Crippen LogP contribution in [0.3, 0.4) is 0 Å². The number of carbonyl (C=O) groups is 1. The first-order valence-corrected chi connectivity index (χ1v) is 6.10. The van der Waals surface area contributed by atoms with Crippen LogP contribution in [0.25, 0.3) is 11.0 Å². The number of aromatic nitrogens is 2. The molecule has 0 spiro atoms. The monoisotopic (exact) mass is 276 g/mol. The molecular formula is C13H16N4O3. The molecule has 0 fully saturated rings. The topological polar surface area (TPSA) is 107 Å². The smallest absolute Gasteiger partial charge is 0.314 e. The Bertz CT molecular complexity index is 773. The Morgan fingerprint density at radius 3 is 2.30 bits per heavy atom. The summed E-state index contributed by atoms with van der Waals surface area (Å²) in [6.07, 6.45) is 0. The minimum absolute atomic E-state index is 0.203. The van der Waals surface area contributed by atoms with E-state index in [4.69, 9.17) is 0 Å². The van der Waals surface area contributed by atoms with Gasteiger partial charge in [0, 0.05) is 5.69 Å². The quantitative estimate of drug-likeness (QED) is 0.599. The molecule has 0 saturated heterocycles. The summed E-state index contributed by atoms with van der Waals surface area (Å²) in [5.41, 5.74) is -0.654. The molecule has 0 aliphatic rings. The van der Waals surface area contributed by atoms with Crippen LogP contribution in [0.5, 0.6) is 0 Å². The molecule has 7 nitrogen and oxygen atoms in total. The van der Waals surface area contributed by atoms with E-state index in [9.17, 15) is 14.4 Å². The van der Waals surface area contributed by atoms with Gasteiger partial charge in [0.2, 0.25) is 5.91 Å². The van der Waals surface area contributed by atoms with E-state index in [1.807, 2.05) is 0 Å². The number of nitrogens with one attached hydrogen (secondary N) is 4.